The molecule has 0 bridgehead atoms. The van der Waals surface area contributed by atoms with Gasteiger partial charge in [0.25, 0.3) is 5.91 Å². The van der Waals surface area contributed by atoms with Crippen LogP contribution in [0.1, 0.15) is 17.3 Å². The molecule has 0 unspecified atom stereocenters. The molecular weight excluding hydrogens is 296 g/mol. The highest BCUT2D eigenvalue weighted by molar-refractivity contribution is 7.90. The molecule has 1 aromatic rings. The number of hydrogen-bond donors (Lipinski definition) is 2. The minimum absolute atomic E-state index is 0.0421. The molecule has 0 radical (unpaired) electrons. The molecule has 0 saturated carbocycles. The first-order valence-corrected chi connectivity index (χ1v) is 8.05. The molecule has 0 saturated heterocycles. The van der Waals surface area contributed by atoms with Gasteiger partial charge in [-0.25, -0.2) is 8.42 Å². The van der Waals surface area contributed by atoms with Crippen LogP contribution in [0.15, 0.2) is 23.1 Å². The summed E-state index contributed by atoms with van der Waals surface area (Å²) in [5.41, 5.74) is 0.207. The summed E-state index contributed by atoms with van der Waals surface area (Å²) < 4.78 is 28.3. The van der Waals surface area contributed by atoms with E-state index < -0.39 is 15.7 Å². The number of carbonyl (C=O) groups is 2. The molecule has 1 aromatic carbocycles. The van der Waals surface area contributed by atoms with Crippen LogP contribution in [0.3, 0.4) is 0 Å². The zero-order valence-electron chi connectivity index (χ0n) is 12.1. The van der Waals surface area contributed by atoms with Crippen molar-refractivity contribution < 1.29 is 22.7 Å². The molecule has 0 spiro atoms. The molecular formula is C13H18N2O5S. The number of hydrogen-bond acceptors (Lipinski definition) is 5. The van der Waals surface area contributed by atoms with Gasteiger partial charge in [0.2, 0.25) is 5.91 Å². The molecule has 2 N–H and O–H groups in total. The minimum atomic E-state index is -3.50. The Kier molecular flexibility index (Phi) is 5.71. The molecule has 1 rings (SSSR count). The lowest BCUT2D eigenvalue weighted by atomic mass is 10.2. The van der Waals surface area contributed by atoms with Gasteiger partial charge in [-0.2, -0.15) is 0 Å². The lowest BCUT2D eigenvalue weighted by Crippen LogP contribution is -2.33. The van der Waals surface area contributed by atoms with Gasteiger partial charge in [0, 0.05) is 31.8 Å². The SMILES string of the molecule is COc1ccc(C(=O)NCCNC(C)=O)cc1S(C)(=O)=O. The van der Waals surface area contributed by atoms with E-state index in [0.717, 1.165) is 6.26 Å². The number of amides is 2. The van der Waals surface area contributed by atoms with Gasteiger partial charge in [-0.15, -0.1) is 0 Å². The first-order valence-electron chi connectivity index (χ1n) is 6.16. The van der Waals surface area contributed by atoms with Gasteiger partial charge in [-0.3, -0.25) is 9.59 Å². The van der Waals surface area contributed by atoms with Crippen molar-refractivity contribution in [2.45, 2.75) is 11.8 Å². The van der Waals surface area contributed by atoms with Crippen molar-refractivity contribution in [2.75, 3.05) is 26.5 Å². The maximum atomic E-state index is 11.9. The smallest absolute Gasteiger partial charge is 0.251 e. The Hall–Kier alpha value is -2.09. The number of carbonyl (C=O) groups excluding carboxylic acids is 2. The predicted octanol–water partition coefficient (Wildman–Crippen LogP) is -0.0354. The fourth-order valence-corrected chi connectivity index (χ4v) is 2.48. The van der Waals surface area contributed by atoms with E-state index in [0.29, 0.717) is 6.54 Å². The molecule has 0 heterocycles. The Morgan fingerprint density at radius 2 is 1.81 bits per heavy atom. The molecule has 2 amide bonds. The Bertz CT molecular complexity index is 640. The van der Waals surface area contributed by atoms with Crippen LogP contribution in [0.4, 0.5) is 0 Å². The Balaban J connectivity index is 2.84. The minimum Gasteiger partial charge on any atom is -0.495 e. The summed E-state index contributed by atoms with van der Waals surface area (Å²) in [4.78, 5) is 22.5. The third kappa shape index (κ3) is 5.07. The van der Waals surface area contributed by atoms with E-state index >= 15 is 0 Å². The Morgan fingerprint density at radius 1 is 1.19 bits per heavy atom. The summed E-state index contributed by atoms with van der Waals surface area (Å²) in [5, 5.41) is 5.12. The van der Waals surface area contributed by atoms with Crippen molar-refractivity contribution in [2.24, 2.45) is 0 Å². The van der Waals surface area contributed by atoms with Crippen LogP contribution in [-0.4, -0.2) is 46.7 Å². The fourth-order valence-electron chi connectivity index (χ4n) is 1.62. The first kappa shape index (κ1) is 17.0. The Morgan fingerprint density at radius 3 is 2.33 bits per heavy atom. The second kappa shape index (κ2) is 7.07. The van der Waals surface area contributed by atoms with Crippen molar-refractivity contribution in [3.05, 3.63) is 23.8 Å². The highest BCUT2D eigenvalue weighted by Gasteiger charge is 2.17. The molecule has 0 aliphatic rings. The van der Waals surface area contributed by atoms with Gasteiger partial charge in [0.1, 0.15) is 10.6 Å². The number of sulfone groups is 1. The largest absolute Gasteiger partial charge is 0.495 e. The molecule has 116 valence electrons. The van der Waals surface area contributed by atoms with Crippen LogP contribution in [0.2, 0.25) is 0 Å². The maximum Gasteiger partial charge on any atom is 0.251 e. The van der Waals surface area contributed by atoms with E-state index in [1.807, 2.05) is 0 Å². The second-order valence-corrected chi connectivity index (χ2v) is 6.36. The summed E-state index contributed by atoms with van der Waals surface area (Å²) in [6.45, 7) is 1.93. The normalized spacial score (nSPS) is 10.8. The van der Waals surface area contributed by atoms with Gasteiger partial charge < -0.3 is 15.4 Å². The zero-order valence-corrected chi connectivity index (χ0v) is 12.9. The second-order valence-electron chi connectivity index (χ2n) is 4.38. The average Bonchev–Trinajstić information content (AvgIpc) is 2.41. The molecule has 8 heteroatoms. The summed E-state index contributed by atoms with van der Waals surface area (Å²) in [5.74, 6) is -0.423. The van der Waals surface area contributed by atoms with Gasteiger partial charge in [0.05, 0.1) is 7.11 Å². The van der Waals surface area contributed by atoms with Crippen LogP contribution in [0.25, 0.3) is 0 Å². The predicted molar refractivity (Wildman–Crippen MR) is 77.1 cm³/mol. The van der Waals surface area contributed by atoms with Crippen molar-refractivity contribution in [1.82, 2.24) is 10.6 Å². The van der Waals surface area contributed by atoms with Crippen LogP contribution < -0.4 is 15.4 Å². The van der Waals surface area contributed by atoms with E-state index in [-0.39, 0.29) is 28.7 Å². The van der Waals surface area contributed by atoms with Crippen LogP contribution in [0, 0.1) is 0 Å². The number of rotatable bonds is 6. The first-order chi connectivity index (χ1) is 9.75. The molecule has 0 aromatic heterocycles. The molecule has 0 fully saturated rings. The van der Waals surface area contributed by atoms with Gasteiger partial charge >= 0.3 is 0 Å². The lowest BCUT2D eigenvalue weighted by molar-refractivity contribution is -0.118. The lowest BCUT2D eigenvalue weighted by Gasteiger charge is -2.10. The number of ether oxygens (including phenoxy) is 1. The monoisotopic (exact) mass is 314 g/mol. The molecule has 21 heavy (non-hydrogen) atoms. The van der Waals surface area contributed by atoms with Crippen molar-refractivity contribution in [1.29, 1.82) is 0 Å². The highest BCUT2D eigenvalue weighted by atomic mass is 32.2. The van der Waals surface area contributed by atoms with E-state index in [1.165, 1.54) is 32.2 Å². The quantitative estimate of drug-likeness (QED) is 0.718. The summed E-state index contributed by atoms with van der Waals surface area (Å²) in [7, 11) is -2.14. The highest BCUT2D eigenvalue weighted by Crippen LogP contribution is 2.24. The van der Waals surface area contributed by atoms with E-state index in [4.69, 9.17) is 4.74 Å². The third-order valence-electron chi connectivity index (χ3n) is 2.61. The zero-order chi connectivity index (χ0) is 16.0. The number of nitrogens with one attached hydrogen (secondary N) is 2. The van der Waals surface area contributed by atoms with Crippen LogP contribution >= 0.6 is 0 Å². The van der Waals surface area contributed by atoms with Crippen molar-refractivity contribution in [3.63, 3.8) is 0 Å². The van der Waals surface area contributed by atoms with Gasteiger partial charge in [-0.05, 0) is 18.2 Å². The van der Waals surface area contributed by atoms with E-state index in [9.17, 15) is 18.0 Å². The fraction of sp³-hybridized carbons (Fsp3) is 0.385. The maximum absolute atomic E-state index is 11.9. The molecule has 7 nitrogen and oxygen atoms in total. The van der Waals surface area contributed by atoms with Gasteiger partial charge in [0.15, 0.2) is 9.84 Å². The standard InChI is InChI=1S/C13H18N2O5S/c1-9(16)14-6-7-15-13(17)10-4-5-11(20-2)12(8-10)21(3,18)19/h4-5,8H,6-7H2,1-3H3,(H,14,16)(H,15,17). The van der Waals surface area contributed by atoms with Crippen LogP contribution in [0.5, 0.6) is 5.75 Å². The Labute approximate surface area is 123 Å². The van der Waals surface area contributed by atoms with E-state index in [1.54, 1.807) is 0 Å². The molecule has 0 aliphatic heterocycles. The summed E-state index contributed by atoms with van der Waals surface area (Å²) in [6.07, 6.45) is 1.04. The van der Waals surface area contributed by atoms with Crippen molar-refractivity contribution in [3.8, 4) is 5.75 Å². The van der Waals surface area contributed by atoms with Gasteiger partial charge in [-0.1, -0.05) is 0 Å². The summed E-state index contributed by atoms with van der Waals surface area (Å²) >= 11 is 0. The molecule has 0 aliphatic carbocycles. The number of methoxy groups -OCH3 is 1. The number of benzene rings is 1. The van der Waals surface area contributed by atoms with Crippen molar-refractivity contribution >= 4 is 21.7 Å². The molecule has 0 atom stereocenters. The average molecular weight is 314 g/mol. The summed E-state index contributed by atoms with van der Waals surface area (Å²) in [6, 6.07) is 4.17. The third-order valence-corrected chi connectivity index (χ3v) is 3.73. The van der Waals surface area contributed by atoms with E-state index in [2.05, 4.69) is 10.6 Å². The van der Waals surface area contributed by atoms with Crippen LogP contribution in [-0.2, 0) is 14.6 Å². The topological polar surface area (TPSA) is 102 Å².